The lowest BCUT2D eigenvalue weighted by Gasteiger charge is -2.10. The summed E-state index contributed by atoms with van der Waals surface area (Å²) in [4.78, 5) is 22.4. The molecule has 0 unspecified atom stereocenters. The van der Waals surface area contributed by atoms with Gasteiger partial charge in [0.2, 0.25) is 5.91 Å². The van der Waals surface area contributed by atoms with Gasteiger partial charge in [-0.2, -0.15) is 0 Å². The zero-order valence-corrected chi connectivity index (χ0v) is 11.0. The summed E-state index contributed by atoms with van der Waals surface area (Å²) in [5, 5.41) is 5.08. The van der Waals surface area contributed by atoms with Crippen LogP contribution in [0.15, 0.2) is 18.2 Å². The Bertz CT molecular complexity index is 449. The van der Waals surface area contributed by atoms with E-state index < -0.39 is 6.09 Å². The second kappa shape index (κ2) is 6.86. The van der Waals surface area contributed by atoms with Crippen LogP contribution in [0.3, 0.4) is 0 Å². The fourth-order valence-electron chi connectivity index (χ4n) is 1.30. The number of aryl methyl sites for hydroxylation is 1. The standard InChI is InChI=1S/C12H15ClN2O3/c1-8-7-9(18-12(17)14-2)3-4-10(8)15-11(16)5-6-13/h3-4,7H,5-6H2,1-2H3,(H,14,17)(H,15,16). The van der Waals surface area contributed by atoms with Crippen molar-refractivity contribution < 1.29 is 14.3 Å². The van der Waals surface area contributed by atoms with E-state index in [0.29, 0.717) is 11.4 Å². The minimum Gasteiger partial charge on any atom is -0.410 e. The van der Waals surface area contributed by atoms with Crippen LogP contribution in [-0.4, -0.2) is 24.9 Å². The molecule has 18 heavy (non-hydrogen) atoms. The minimum atomic E-state index is -0.534. The molecule has 0 fully saturated rings. The number of alkyl halides is 1. The molecule has 0 atom stereocenters. The lowest BCUT2D eigenvalue weighted by molar-refractivity contribution is -0.115. The number of halogens is 1. The largest absolute Gasteiger partial charge is 0.412 e. The predicted molar refractivity (Wildman–Crippen MR) is 70.2 cm³/mol. The summed E-state index contributed by atoms with van der Waals surface area (Å²) in [5.41, 5.74) is 1.48. The molecular formula is C12H15ClN2O3. The molecule has 2 N–H and O–H groups in total. The number of benzene rings is 1. The molecular weight excluding hydrogens is 256 g/mol. The summed E-state index contributed by atoms with van der Waals surface area (Å²) >= 11 is 5.48. The number of rotatable bonds is 4. The van der Waals surface area contributed by atoms with Crippen molar-refractivity contribution >= 4 is 29.3 Å². The van der Waals surface area contributed by atoms with Crippen molar-refractivity contribution in [2.45, 2.75) is 13.3 Å². The van der Waals surface area contributed by atoms with Crippen molar-refractivity contribution in [2.24, 2.45) is 0 Å². The molecule has 1 rings (SSSR count). The average molecular weight is 271 g/mol. The molecule has 0 spiro atoms. The highest BCUT2D eigenvalue weighted by Crippen LogP contribution is 2.21. The lowest BCUT2D eigenvalue weighted by Crippen LogP contribution is -2.22. The molecule has 0 saturated carbocycles. The molecule has 1 aromatic rings. The number of ether oxygens (including phenoxy) is 1. The summed E-state index contributed by atoms with van der Waals surface area (Å²) in [6, 6.07) is 4.96. The zero-order valence-electron chi connectivity index (χ0n) is 10.2. The van der Waals surface area contributed by atoms with E-state index in [1.165, 1.54) is 7.05 Å². The third kappa shape index (κ3) is 4.25. The molecule has 98 valence electrons. The molecule has 5 nitrogen and oxygen atoms in total. The van der Waals surface area contributed by atoms with Crippen LogP contribution >= 0.6 is 11.6 Å². The Morgan fingerprint density at radius 3 is 2.67 bits per heavy atom. The van der Waals surface area contributed by atoms with Gasteiger partial charge in [0.1, 0.15) is 5.75 Å². The molecule has 1 aromatic carbocycles. The summed E-state index contributed by atoms with van der Waals surface area (Å²) < 4.78 is 4.97. The van der Waals surface area contributed by atoms with E-state index >= 15 is 0 Å². The van der Waals surface area contributed by atoms with Crippen LogP contribution in [0.1, 0.15) is 12.0 Å². The average Bonchev–Trinajstić information content (AvgIpc) is 2.33. The van der Waals surface area contributed by atoms with Crippen molar-refractivity contribution in [1.29, 1.82) is 0 Å². The van der Waals surface area contributed by atoms with Crippen molar-refractivity contribution in [1.82, 2.24) is 5.32 Å². The normalized spacial score (nSPS) is 9.72. The molecule has 0 aromatic heterocycles. The van der Waals surface area contributed by atoms with Crippen LogP contribution in [0.25, 0.3) is 0 Å². The first-order valence-electron chi connectivity index (χ1n) is 5.43. The molecule has 0 radical (unpaired) electrons. The number of nitrogens with one attached hydrogen (secondary N) is 2. The first kappa shape index (κ1) is 14.3. The van der Waals surface area contributed by atoms with Gasteiger partial charge in [-0.25, -0.2) is 4.79 Å². The smallest absolute Gasteiger partial charge is 0.410 e. The molecule has 2 amide bonds. The highest BCUT2D eigenvalue weighted by molar-refractivity contribution is 6.19. The summed E-state index contributed by atoms with van der Waals surface area (Å²) in [6.45, 7) is 1.81. The fourth-order valence-corrected chi connectivity index (χ4v) is 1.47. The Balaban J connectivity index is 2.73. The van der Waals surface area contributed by atoms with Gasteiger partial charge in [-0.3, -0.25) is 4.79 Å². The van der Waals surface area contributed by atoms with E-state index in [2.05, 4.69) is 10.6 Å². The van der Waals surface area contributed by atoms with E-state index in [1.54, 1.807) is 18.2 Å². The minimum absolute atomic E-state index is 0.145. The summed E-state index contributed by atoms with van der Waals surface area (Å²) in [7, 11) is 1.48. The van der Waals surface area contributed by atoms with Crippen LogP contribution in [0, 0.1) is 6.92 Å². The third-order valence-corrected chi connectivity index (χ3v) is 2.40. The van der Waals surface area contributed by atoms with Crippen molar-refractivity contribution in [3.8, 4) is 5.75 Å². The van der Waals surface area contributed by atoms with E-state index in [1.807, 2.05) is 6.92 Å². The highest BCUT2D eigenvalue weighted by atomic mass is 35.5. The number of hydrogen-bond acceptors (Lipinski definition) is 3. The molecule has 0 saturated heterocycles. The fraction of sp³-hybridized carbons (Fsp3) is 0.333. The summed E-state index contributed by atoms with van der Waals surface area (Å²) in [6.07, 6.45) is -0.273. The Morgan fingerprint density at radius 2 is 2.11 bits per heavy atom. The van der Waals surface area contributed by atoms with Crippen LogP contribution in [0.2, 0.25) is 0 Å². The van der Waals surface area contributed by atoms with Gasteiger partial charge in [0.25, 0.3) is 0 Å². The van der Waals surface area contributed by atoms with Gasteiger partial charge in [-0.1, -0.05) is 0 Å². The van der Waals surface area contributed by atoms with Crippen LogP contribution < -0.4 is 15.4 Å². The maximum atomic E-state index is 11.4. The van der Waals surface area contributed by atoms with E-state index in [4.69, 9.17) is 16.3 Å². The van der Waals surface area contributed by atoms with Gasteiger partial charge in [0.05, 0.1) is 0 Å². The Kier molecular flexibility index (Phi) is 5.45. The van der Waals surface area contributed by atoms with E-state index in [9.17, 15) is 9.59 Å². The second-order valence-corrected chi connectivity index (χ2v) is 3.98. The molecule has 0 heterocycles. The first-order valence-corrected chi connectivity index (χ1v) is 5.96. The lowest BCUT2D eigenvalue weighted by atomic mass is 10.2. The molecule has 0 aliphatic carbocycles. The van der Waals surface area contributed by atoms with Gasteiger partial charge in [0.15, 0.2) is 0 Å². The summed E-state index contributed by atoms with van der Waals surface area (Å²) in [5.74, 6) is 0.554. The second-order valence-electron chi connectivity index (χ2n) is 3.60. The van der Waals surface area contributed by atoms with Crippen LogP contribution in [-0.2, 0) is 4.79 Å². The van der Waals surface area contributed by atoms with Crippen molar-refractivity contribution in [2.75, 3.05) is 18.2 Å². The third-order valence-electron chi connectivity index (χ3n) is 2.21. The van der Waals surface area contributed by atoms with E-state index in [-0.39, 0.29) is 18.2 Å². The van der Waals surface area contributed by atoms with Gasteiger partial charge < -0.3 is 15.4 Å². The quantitative estimate of drug-likeness (QED) is 0.825. The van der Waals surface area contributed by atoms with Gasteiger partial charge in [-0.15, -0.1) is 11.6 Å². The zero-order chi connectivity index (χ0) is 13.5. The first-order chi connectivity index (χ1) is 8.56. The number of amides is 2. The Morgan fingerprint density at radius 1 is 1.39 bits per heavy atom. The Labute approximate surface area is 110 Å². The van der Waals surface area contributed by atoms with Crippen LogP contribution in [0.4, 0.5) is 10.5 Å². The van der Waals surface area contributed by atoms with E-state index in [0.717, 1.165) is 5.56 Å². The molecule has 0 bridgehead atoms. The molecule has 0 aliphatic rings. The molecule has 6 heteroatoms. The van der Waals surface area contributed by atoms with Crippen molar-refractivity contribution in [3.63, 3.8) is 0 Å². The monoisotopic (exact) mass is 270 g/mol. The van der Waals surface area contributed by atoms with Crippen molar-refractivity contribution in [3.05, 3.63) is 23.8 Å². The highest BCUT2D eigenvalue weighted by Gasteiger charge is 2.07. The maximum absolute atomic E-state index is 11.4. The molecule has 0 aliphatic heterocycles. The van der Waals surface area contributed by atoms with Crippen LogP contribution in [0.5, 0.6) is 5.75 Å². The SMILES string of the molecule is CNC(=O)Oc1ccc(NC(=O)CCCl)c(C)c1. The van der Waals surface area contributed by atoms with Gasteiger partial charge >= 0.3 is 6.09 Å². The number of carbonyl (C=O) groups is 2. The number of anilines is 1. The van der Waals surface area contributed by atoms with Gasteiger partial charge in [0, 0.05) is 25.0 Å². The maximum Gasteiger partial charge on any atom is 0.412 e. The number of carbonyl (C=O) groups excluding carboxylic acids is 2. The topological polar surface area (TPSA) is 67.4 Å². The van der Waals surface area contributed by atoms with Gasteiger partial charge in [-0.05, 0) is 30.7 Å². The number of hydrogen-bond donors (Lipinski definition) is 2. The Hall–Kier alpha value is -1.75. The predicted octanol–water partition coefficient (Wildman–Crippen LogP) is 2.28.